The van der Waals surface area contributed by atoms with Crippen molar-refractivity contribution in [1.29, 1.82) is 0 Å². The molecule has 2 fully saturated rings. The van der Waals surface area contributed by atoms with Crippen LogP contribution >= 0.6 is 22.9 Å². The van der Waals surface area contributed by atoms with Crippen LogP contribution in [0.5, 0.6) is 0 Å². The van der Waals surface area contributed by atoms with E-state index in [4.69, 9.17) is 11.6 Å². The van der Waals surface area contributed by atoms with Crippen LogP contribution in [-0.2, 0) is 19.6 Å². The topological polar surface area (TPSA) is 78.0 Å². The van der Waals surface area contributed by atoms with E-state index in [1.165, 1.54) is 19.2 Å². The molecular weight excluding hydrogens is 386 g/mol. The zero-order valence-electron chi connectivity index (χ0n) is 13.9. The predicted molar refractivity (Wildman–Crippen MR) is 95.0 cm³/mol. The quantitative estimate of drug-likeness (QED) is 0.735. The number of hydrogen-bond acceptors (Lipinski definition) is 5. The van der Waals surface area contributed by atoms with Crippen molar-refractivity contribution in [3.63, 3.8) is 0 Å². The highest BCUT2D eigenvalue weighted by atomic mass is 35.5. The van der Waals surface area contributed by atoms with E-state index in [0.717, 1.165) is 28.5 Å². The first-order chi connectivity index (χ1) is 11.8. The Balaban J connectivity index is 1.54. The minimum Gasteiger partial charge on any atom is -0.339 e. The third-order valence-corrected chi connectivity index (χ3v) is 7.94. The van der Waals surface area contributed by atoms with Crippen LogP contribution in [0.4, 0.5) is 0 Å². The number of amides is 2. The molecule has 0 unspecified atom stereocenters. The summed E-state index contributed by atoms with van der Waals surface area (Å²) in [5, 5.41) is 0. The number of piperazine rings is 1. The summed E-state index contributed by atoms with van der Waals surface area (Å²) >= 11 is 6.76. The van der Waals surface area contributed by atoms with Crippen molar-refractivity contribution in [2.24, 2.45) is 5.92 Å². The number of rotatable bonds is 5. The SMILES string of the molecule is CN(CC(=O)N1CCN(C(=O)C2CC2)CC1)S(=O)(=O)c1ccc(Cl)s1. The van der Waals surface area contributed by atoms with Gasteiger partial charge in [-0.25, -0.2) is 8.42 Å². The van der Waals surface area contributed by atoms with Crippen molar-refractivity contribution in [2.45, 2.75) is 17.1 Å². The Bertz CT molecular complexity index is 767. The maximum atomic E-state index is 12.4. The smallest absolute Gasteiger partial charge is 0.252 e. The van der Waals surface area contributed by atoms with Gasteiger partial charge >= 0.3 is 0 Å². The lowest BCUT2D eigenvalue weighted by Gasteiger charge is -2.35. The molecule has 1 aliphatic heterocycles. The average Bonchev–Trinajstić information content (AvgIpc) is 3.34. The van der Waals surface area contributed by atoms with Crippen LogP contribution in [0.15, 0.2) is 16.3 Å². The lowest BCUT2D eigenvalue weighted by molar-refractivity contribution is -0.140. The average molecular weight is 406 g/mol. The second-order valence-corrected chi connectivity index (χ2v) is 10.3. The monoisotopic (exact) mass is 405 g/mol. The van der Waals surface area contributed by atoms with Crippen LogP contribution in [0.2, 0.25) is 4.34 Å². The third kappa shape index (κ3) is 4.16. The zero-order valence-corrected chi connectivity index (χ0v) is 16.2. The highest BCUT2D eigenvalue weighted by molar-refractivity contribution is 7.91. The number of nitrogens with zero attached hydrogens (tertiary/aromatic N) is 3. The molecule has 1 aromatic rings. The molecule has 0 aromatic carbocycles. The van der Waals surface area contributed by atoms with Gasteiger partial charge in [0.1, 0.15) is 4.21 Å². The van der Waals surface area contributed by atoms with Crippen molar-refractivity contribution >= 4 is 44.8 Å². The lowest BCUT2D eigenvalue weighted by Crippen LogP contribution is -2.53. The Hall–Kier alpha value is -1.16. The van der Waals surface area contributed by atoms with Gasteiger partial charge in [0.05, 0.1) is 10.9 Å². The van der Waals surface area contributed by atoms with E-state index in [1.54, 1.807) is 9.80 Å². The van der Waals surface area contributed by atoms with Gasteiger partial charge in [-0.2, -0.15) is 4.31 Å². The molecule has 7 nitrogen and oxygen atoms in total. The summed E-state index contributed by atoms with van der Waals surface area (Å²) in [5.74, 6) is 0.102. The van der Waals surface area contributed by atoms with Gasteiger partial charge in [-0.15, -0.1) is 11.3 Å². The Morgan fingerprint density at radius 3 is 2.32 bits per heavy atom. The van der Waals surface area contributed by atoms with Crippen molar-refractivity contribution in [2.75, 3.05) is 39.8 Å². The van der Waals surface area contributed by atoms with Gasteiger partial charge in [0, 0.05) is 39.1 Å². The number of carbonyl (C=O) groups is 2. The van der Waals surface area contributed by atoms with E-state index in [2.05, 4.69) is 0 Å². The molecule has 0 spiro atoms. The second kappa shape index (κ2) is 7.22. The summed E-state index contributed by atoms with van der Waals surface area (Å²) in [6.07, 6.45) is 1.93. The fourth-order valence-corrected chi connectivity index (χ4v) is 5.54. The maximum Gasteiger partial charge on any atom is 0.252 e. The third-order valence-electron chi connectivity index (χ3n) is 4.44. The fourth-order valence-electron chi connectivity index (χ4n) is 2.73. The van der Waals surface area contributed by atoms with Gasteiger partial charge in [0.2, 0.25) is 11.8 Å². The van der Waals surface area contributed by atoms with Gasteiger partial charge in [0.25, 0.3) is 10.0 Å². The minimum atomic E-state index is -3.72. The largest absolute Gasteiger partial charge is 0.339 e. The summed E-state index contributed by atoms with van der Waals surface area (Å²) in [6.45, 7) is 1.68. The minimum absolute atomic E-state index is 0.118. The number of halogens is 1. The number of likely N-dealkylation sites (N-methyl/N-ethyl adjacent to an activating group) is 1. The van der Waals surface area contributed by atoms with Crippen molar-refractivity contribution in [3.05, 3.63) is 16.5 Å². The fraction of sp³-hybridized carbons (Fsp3) is 0.600. The van der Waals surface area contributed by atoms with Crippen LogP contribution in [0, 0.1) is 5.92 Å². The normalized spacial score (nSPS) is 18.7. The van der Waals surface area contributed by atoms with Crippen LogP contribution in [0.1, 0.15) is 12.8 Å². The Labute approximate surface area is 156 Å². The summed E-state index contributed by atoms with van der Waals surface area (Å²) in [5.41, 5.74) is 0. The lowest BCUT2D eigenvalue weighted by atomic mass is 10.2. The molecule has 1 aliphatic carbocycles. The Morgan fingerprint density at radius 1 is 1.20 bits per heavy atom. The van der Waals surface area contributed by atoms with Crippen LogP contribution < -0.4 is 0 Å². The molecule has 138 valence electrons. The van der Waals surface area contributed by atoms with E-state index in [0.29, 0.717) is 30.5 Å². The van der Waals surface area contributed by atoms with E-state index >= 15 is 0 Å². The summed E-state index contributed by atoms with van der Waals surface area (Å²) in [4.78, 5) is 27.9. The maximum absolute atomic E-state index is 12.4. The van der Waals surface area contributed by atoms with E-state index < -0.39 is 10.0 Å². The van der Waals surface area contributed by atoms with Crippen molar-refractivity contribution in [3.8, 4) is 0 Å². The molecule has 10 heteroatoms. The van der Waals surface area contributed by atoms with Gasteiger partial charge < -0.3 is 9.80 Å². The Kier molecular flexibility index (Phi) is 5.38. The number of thiophene rings is 1. The predicted octanol–water partition coefficient (Wildman–Crippen LogP) is 1.10. The molecule has 25 heavy (non-hydrogen) atoms. The molecular formula is C15H20ClN3O4S2. The highest BCUT2D eigenvalue weighted by Gasteiger charge is 2.35. The zero-order chi connectivity index (χ0) is 18.2. The molecule has 0 atom stereocenters. The van der Waals surface area contributed by atoms with Crippen molar-refractivity contribution < 1.29 is 18.0 Å². The standard InChI is InChI=1S/C15H20ClN3O4S2/c1-17(25(22,23)14-5-4-12(16)24-14)10-13(20)18-6-8-19(9-7-18)15(21)11-2-3-11/h4-5,11H,2-3,6-10H2,1H3. The van der Waals surface area contributed by atoms with E-state index in [1.807, 2.05) is 0 Å². The molecule has 3 rings (SSSR count). The molecule has 2 amide bonds. The molecule has 2 heterocycles. The molecule has 1 saturated carbocycles. The summed E-state index contributed by atoms with van der Waals surface area (Å²) in [6, 6.07) is 2.95. The van der Waals surface area contributed by atoms with Gasteiger partial charge in [-0.05, 0) is 25.0 Å². The summed E-state index contributed by atoms with van der Waals surface area (Å²) < 4.78 is 26.4. The van der Waals surface area contributed by atoms with E-state index in [9.17, 15) is 18.0 Å². The molecule has 0 radical (unpaired) electrons. The molecule has 0 bridgehead atoms. The van der Waals surface area contributed by atoms with Gasteiger partial charge in [0.15, 0.2) is 0 Å². The summed E-state index contributed by atoms with van der Waals surface area (Å²) in [7, 11) is -2.34. The van der Waals surface area contributed by atoms with Gasteiger partial charge in [-0.3, -0.25) is 9.59 Å². The Morgan fingerprint density at radius 2 is 1.80 bits per heavy atom. The number of hydrogen-bond donors (Lipinski definition) is 0. The first-order valence-corrected chi connectivity index (χ1v) is 10.7. The second-order valence-electron chi connectivity index (χ2n) is 6.30. The molecule has 1 aromatic heterocycles. The molecule has 0 N–H and O–H groups in total. The van der Waals surface area contributed by atoms with Crippen LogP contribution in [0.3, 0.4) is 0 Å². The first kappa shape index (κ1) is 18.6. The van der Waals surface area contributed by atoms with Crippen LogP contribution in [-0.4, -0.2) is 74.1 Å². The highest BCUT2D eigenvalue weighted by Crippen LogP contribution is 2.31. The van der Waals surface area contributed by atoms with Crippen LogP contribution in [0.25, 0.3) is 0 Å². The number of carbonyl (C=O) groups excluding carboxylic acids is 2. The van der Waals surface area contributed by atoms with Gasteiger partial charge in [-0.1, -0.05) is 11.6 Å². The molecule has 1 saturated heterocycles. The first-order valence-electron chi connectivity index (χ1n) is 8.07. The molecule has 2 aliphatic rings. The van der Waals surface area contributed by atoms with Crippen molar-refractivity contribution in [1.82, 2.24) is 14.1 Å². The van der Waals surface area contributed by atoms with E-state index in [-0.39, 0.29) is 28.5 Å². The number of sulfonamides is 1.